The molecule has 2 atom stereocenters. The van der Waals surface area contributed by atoms with Gasteiger partial charge in [0, 0.05) is 28.4 Å². The SMILES string of the molecule is O=C1C=CC23CC(Nc4c(O)c5c6c(c42)=NCCC=6C=N5)SC3=C1. The van der Waals surface area contributed by atoms with E-state index in [4.69, 9.17) is 4.99 Å². The fourth-order valence-electron chi connectivity index (χ4n) is 4.52. The van der Waals surface area contributed by atoms with Gasteiger partial charge in [0.2, 0.25) is 0 Å². The minimum atomic E-state index is -0.347. The summed E-state index contributed by atoms with van der Waals surface area (Å²) in [6, 6.07) is 0. The Morgan fingerprint density at radius 2 is 2.33 bits per heavy atom. The Morgan fingerprint density at radius 1 is 1.42 bits per heavy atom. The van der Waals surface area contributed by atoms with Crippen molar-refractivity contribution in [2.24, 2.45) is 9.98 Å². The average Bonchev–Trinajstić information content (AvgIpc) is 3.12. The Hall–Kier alpha value is -2.34. The molecule has 1 aliphatic carbocycles. The van der Waals surface area contributed by atoms with Crippen LogP contribution in [0.2, 0.25) is 0 Å². The predicted octanol–water partition coefficient (Wildman–Crippen LogP) is 1.43. The number of aromatic hydroxyl groups is 1. The smallest absolute Gasteiger partial charge is 0.179 e. The maximum atomic E-state index is 11.9. The number of ketones is 1. The van der Waals surface area contributed by atoms with Crippen LogP contribution in [-0.4, -0.2) is 29.0 Å². The first-order valence-electron chi connectivity index (χ1n) is 8.07. The monoisotopic (exact) mass is 335 g/mol. The van der Waals surface area contributed by atoms with Crippen LogP contribution in [-0.2, 0) is 10.2 Å². The Kier molecular flexibility index (Phi) is 2.17. The maximum absolute atomic E-state index is 11.9. The van der Waals surface area contributed by atoms with E-state index in [-0.39, 0.29) is 22.3 Å². The van der Waals surface area contributed by atoms with Crippen molar-refractivity contribution in [3.63, 3.8) is 0 Å². The van der Waals surface area contributed by atoms with Crippen LogP contribution in [0.5, 0.6) is 5.75 Å². The molecule has 24 heavy (non-hydrogen) atoms. The number of carbonyl (C=O) groups excluding carboxylic acids is 1. The Balaban J connectivity index is 1.81. The van der Waals surface area contributed by atoms with Crippen LogP contribution in [0.1, 0.15) is 18.4 Å². The first kappa shape index (κ1) is 13.0. The summed E-state index contributed by atoms with van der Waals surface area (Å²) in [5.41, 5.74) is 3.19. The molecule has 0 amide bonds. The summed E-state index contributed by atoms with van der Waals surface area (Å²) in [6.45, 7) is 0.735. The number of phenolic OH excluding ortho intramolecular Hbond substituents is 1. The lowest BCUT2D eigenvalue weighted by atomic mass is 9.71. The highest BCUT2D eigenvalue weighted by Gasteiger charge is 2.52. The number of rotatable bonds is 0. The van der Waals surface area contributed by atoms with Crippen LogP contribution < -0.4 is 15.9 Å². The van der Waals surface area contributed by atoms with E-state index < -0.39 is 0 Å². The molecular weight excluding hydrogens is 322 g/mol. The van der Waals surface area contributed by atoms with Crippen molar-refractivity contribution in [3.8, 4) is 5.75 Å². The molecule has 6 heteroatoms. The summed E-state index contributed by atoms with van der Waals surface area (Å²) in [5, 5.41) is 16.4. The van der Waals surface area contributed by atoms with E-state index in [0.717, 1.165) is 51.7 Å². The van der Waals surface area contributed by atoms with E-state index in [1.165, 1.54) is 0 Å². The number of benzene rings is 1. The lowest BCUT2D eigenvalue weighted by molar-refractivity contribution is -0.110. The second-order valence-corrected chi connectivity index (χ2v) is 8.00. The van der Waals surface area contributed by atoms with Crippen molar-refractivity contribution in [1.82, 2.24) is 0 Å². The van der Waals surface area contributed by atoms with Gasteiger partial charge in [-0.2, -0.15) is 0 Å². The third-order valence-corrected chi connectivity index (χ3v) is 6.82. The Labute approximate surface area is 141 Å². The zero-order valence-corrected chi connectivity index (χ0v) is 13.5. The molecule has 2 N–H and O–H groups in total. The molecule has 118 valence electrons. The van der Waals surface area contributed by atoms with E-state index in [2.05, 4.69) is 10.3 Å². The van der Waals surface area contributed by atoms with Gasteiger partial charge >= 0.3 is 0 Å². The number of fused-ring (bicyclic) bond motifs is 3. The van der Waals surface area contributed by atoms with Gasteiger partial charge < -0.3 is 10.4 Å². The molecule has 0 radical (unpaired) electrons. The van der Waals surface area contributed by atoms with E-state index in [1.807, 2.05) is 12.3 Å². The second kappa shape index (κ2) is 4.00. The molecule has 1 saturated heterocycles. The first-order valence-corrected chi connectivity index (χ1v) is 8.95. The number of phenols is 1. The molecule has 4 aliphatic heterocycles. The van der Waals surface area contributed by atoms with Crippen LogP contribution in [0.25, 0.3) is 5.57 Å². The molecular formula is C18H13N3O2S. The molecule has 5 aliphatic rings. The number of allylic oxidation sites excluding steroid dienone is 4. The quantitative estimate of drug-likeness (QED) is 0.704. The molecule has 0 saturated carbocycles. The summed E-state index contributed by atoms with van der Waals surface area (Å²) < 4.78 is 0. The highest BCUT2D eigenvalue weighted by atomic mass is 32.2. The highest BCUT2D eigenvalue weighted by Crippen LogP contribution is 2.60. The van der Waals surface area contributed by atoms with E-state index >= 15 is 0 Å². The molecule has 4 heterocycles. The van der Waals surface area contributed by atoms with Crippen LogP contribution in [0.4, 0.5) is 11.4 Å². The van der Waals surface area contributed by atoms with Gasteiger partial charge in [0.05, 0.1) is 21.8 Å². The highest BCUT2D eigenvalue weighted by molar-refractivity contribution is 8.04. The number of hydrogen-bond acceptors (Lipinski definition) is 6. The largest absolute Gasteiger partial charge is 0.504 e. The number of thioether (sulfide) groups is 1. The predicted molar refractivity (Wildman–Crippen MR) is 93.5 cm³/mol. The molecule has 2 unspecified atom stereocenters. The standard InChI is InChI=1S/C18H13N3O2S/c22-9-1-3-18-6-11(24-10(18)5-9)21-16-13(18)14-12-8(2-4-19-14)7-20-15(12)17(16)23/h1,3,5,7,11,21,23H,2,4,6H2. The zero-order valence-electron chi connectivity index (χ0n) is 12.7. The van der Waals surface area contributed by atoms with Crippen LogP contribution >= 0.6 is 11.8 Å². The summed E-state index contributed by atoms with van der Waals surface area (Å²) in [5.74, 6) is 0.243. The summed E-state index contributed by atoms with van der Waals surface area (Å²) >= 11 is 1.68. The third kappa shape index (κ3) is 1.33. The summed E-state index contributed by atoms with van der Waals surface area (Å²) in [7, 11) is 0. The van der Waals surface area contributed by atoms with Crippen molar-refractivity contribution >= 4 is 40.7 Å². The van der Waals surface area contributed by atoms with Crippen LogP contribution in [0, 0.1) is 0 Å². The van der Waals surface area contributed by atoms with Gasteiger partial charge in [0.15, 0.2) is 11.5 Å². The van der Waals surface area contributed by atoms with Gasteiger partial charge in [-0.05, 0) is 30.6 Å². The van der Waals surface area contributed by atoms with Gasteiger partial charge in [0.1, 0.15) is 5.69 Å². The Bertz CT molecular complexity index is 1080. The average molecular weight is 335 g/mol. The minimum Gasteiger partial charge on any atom is -0.504 e. The lowest BCUT2D eigenvalue weighted by Crippen LogP contribution is -2.44. The van der Waals surface area contributed by atoms with Crippen molar-refractivity contribution < 1.29 is 9.90 Å². The molecule has 1 aromatic rings. The van der Waals surface area contributed by atoms with E-state index in [1.54, 1.807) is 23.9 Å². The molecule has 6 rings (SSSR count). The maximum Gasteiger partial charge on any atom is 0.179 e. The fourth-order valence-corrected chi connectivity index (χ4v) is 5.99. The first-order chi connectivity index (χ1) is 11.7. The molecule has 1 spiro atoms. The fraction of sp³-hybridized carbons (Fsp3) is 0.278. The lowest BCUT2D eigenvalue weighted by Gasteiger charge is -2.35. The molecule has 1 aromatic carbocycles. The van der Waals surface area contributed by atoms with Crippen molar-refractivity contribution in [1.29, 1.82) is 0 Å². The van der Waals surface area contributed by atoms with Crippen molar-refractivity contribution in [3.05, 3.63) is 39.3 Å². The number of aliphatic imine (C=N–C) groups is 1. The van der Waals surface area contributed by atoms with Gasteiger partial charge in [0.25, 0.3) is 0 Å². The minimum absolute atomic E-state index is 0.0313. The van der Waals surface area contributed by atoms with Gasteiger partial charge in [-0.1, -0.05) is 6.08 Å². The molecule has 0 aromatic heterocycles. The molecule has 2 bridgehead atoms. The summed E-state index contributed by atoms with van der Waals surface area (Å²) in [6.07, 6.45) is 8.99. The van der Waals surface area contributed by atoms with Crippen LogP contribution in [0.15, 0.2) is 33.1 Å². The molecule has 1 fully saturated rings. The van der Waals surface area contributed by atoms with Gasteiger partial charge in [-0.3, -0.25) is 14.8 Å². The number of hydrogen-bond donors (Lipinski definition) is 2. The van der Waals surface area contributed by atoms with Gasteiger partial charge in [-0.15, -0.1) is 11.8 Å². The zero-order chi connectivity index (χ0) is 16.1. The second-order valence-electron chi connectivity index (χ2n) is 6.76. The Morgan fingerprint density at radius 3 is 3.25 bits per heavy atom. The normalized spacial score (nSPS) is 30.3. The summed E-state index contributed by atoms with van der Waals surface area (Å²) in [4.78, 5) is 22.2. The number of nitrogens with one attached hydrogen (secondary N) is 1. The van der Waals surface area contributed by atoms with E-state index in [9.17, 15) is 9.90 Å². The number of anilines is 1. The van der Waals surface area contributed by atoms with Crippen molar-refractivity contribution in [2.75, 3.05) is 11.9 Å². The third-order valence-electron chi connectivity index (χ3n) is 5.52. The van der Waals surface area contributed by atoms with Crippen LogP contribution in [0.3, 0.4) is 0 Å². The number of nitrogens with zero attached hydrogens (tertiary/aromatic N) is 2. The number of carbonyl (C=O) groups is 1. The van der Waals surface area contributed by atoms with Gasteiger partial charge in [-0.25, -0.2) is 0 Å². The topological polar surface area (TPSA) is 74.0 Å². The molecule has 5 nitrogen and oxygen atoms in total. The van der Waals surface area contributed by atoms with E-state index in [0.29, 0.717) is 5.69 Å². The van der Waals surface area contributed by atoms with Crippen molar-refractivity contribution in [2.45, 2.75) is 23.6 Å².